The Morgan fingerprint density at radius 3 is 1.54 bits per heavy atom. The summed E-state index contributed by atoms with van der Waals surface area (Å²) in [6.07, 6.45) is 8.83. The number of rotatable bonds is 11. The number of aromatic nitrogens is 4. The Morgan fingerprint density at radius 2 is 1.17 bits per heavy atom. The molecule has 54 heavy (non-hydrogen) atoms. The van der Waals surface area contributed by atoms with E-state index in [2.05, 4.69) is 19.9 Å². The number of carboxylic acids is 1. The van der Waals surface area contributed by atoms with Gasteiger partial charge in [0.2, 0.25) is 11.8 Å². The second-order valence-electron chi connectivity index (χ2n) is 15.0. The summed E-state index contributed by atoms with van der Waals surface area (Å²) in [5, 5.41) is 8.97. The molecule has 2 aliphatic carbocycles. The number of anilines is 2. The highest BCUT2D eigenvalue weighted by Crippen LogP contribution is 2.34. The fraction of sp³-hybridized carbons (Fsp3) is 0.474. The zero-order valence-electron chi connectivity index (χ0n) is 31.5. The topological polar surface area (TPSA) is 201 Å². The van der Waals surface area contributed by atoms with Crippen molar-refractivity contribution in [2.45, 2.75) is 85.4 Å². The molecule has 2 fully saturated rings. The molecule has 1 N–H and O–H groups in total. The minimum absolute atomic E-state index is 0.0946. The summed E-state index contributed by atoms with van der Waals surface area (Å²) < 4.78 is 26.6. The van der Waals surface area contributed by atoms with Gasteiger partial charge in [0.05, 0.1) is 6.61 Å². The Bertz CT molecular complexity index is 1950. The molecule has 0 aromatic carbocycles. The molecule has 6 rings (SSSR count). The quantitative estimate of drug-likeness (QED) is 0.116. The zero-order valence-corrected chi connectivity index (χ0v) is 31.5. The fourth-order valence-corrected chi connectivity index (χ4v) is 4.88. The number of ether oxygens (including phenoxy) is 3. The lowest BCUT2D eigenvalue weighted by Crippen LogP contribution is -2.38. The maximum Gasteiger partial charge on any atom is 0.416 e. The number of nitrogens with zero attached hydrogens (tertiary/aromatic N) is 6. The largest absolute Gasteiger partial charge is 0.476 e. The van der Waals surface area contributed by atoms with Crippen molar-refractivity contribution in [2.24, 2.45) is 11.8 Å². The molecular formula is C38H46N6O10. The van der Waals surface area contributed by atoms with Gasteiger partial charge in [0, 0.05) is 36.6 Å². The SMILES string of the molecule is CC(C)(C)OC(=O)N(CC1CC1)c1cc(-c2nc(C(=O)O)co2)ccn1.CCOC(=O)c1coc(-c2ccnc(N(CC3CC3)C(=O)OC(C)(C)C)c2)n1. The molecule has 0 saturated heterocycles. The molecule has 2 amide bonds. The van der Waals surface area contributed by atoms with Crippen LogP contribution in [0.4, 0.5) is 21.2 Å². The molecule has 2 aliphatic rings. The van der Waals surface area contributed by atoms with Crippen LogP contribution in [0.5, 0.6) is 0 Å². The van der Waals surface area contributed by atoms with Crippen LogP contribution in [0.1, 0.15) is 95.1 Å². The third kappa shape index (κ3) is 11.3. The number of pyridine rings is 2. The first kappa shape index (κ1) is 39.4. The van der Waals surface area contributed by atoms with Gasteiger partial charge in [-0.05, 0) is 110 Å². The van der Waals surface area contributed by atoms with Crippen molar-refractivity contribution >= 4 is 35.8 Å². The summed E-state index contributed by atoms with van der Waals surface area (Å²) in [5.41, 5.74) is -0.169. The summed E-state index contributed by atoms with van der Waals surface area (Å²) >= 11 is 0. The number of esters is 1. The molecule has 0 radical (unpaired) electrons. The molecule has 0 unspecified atom stereocenters. The van der Waals surface area contributed by atoms with Crippen LogP contribution in [0.25, 0.3) is 22.9 Å². The highest BCUT2D eigenvalue weighted by molar-refractivity contribution is 5.89. The van der Waals surface area contributed by atoms with E-state index in [1.807, 2.05) is 41.5 Å². The first-order valence-electron chi connectivity index (χ1n) is 17.7. The average Bonchev–Trinajstić information content (AvgIpc) is 4.00. The Balaban J connectivity index is 0.000000208. The van der Waals surface area contributed by atoms with E-state index >= 15 is 0 Å². The van der Waals surface area contributed by atoms with Crippen LogP contribution in [0.2, 0.25) is 0 Å². The van der Waals surface area contributed by atoms with Crippen LogP contribution in [-0.2, 0) is 14.2 Å². The summed E-state index contributed by atoms with van der Waals surface area (Å²) in [6, 6.07) is 6.69. The normalized spacial score (nSPS) is 14.0. The molecule has 4 heterocycles. The van der Waals surface area contributed by atoms with Gasteiger partial charge < -0.3 is 28.2 Å². The van der Waals surface area contributed by atoms with Crippen molar-refractivity contribution in [1.82, 2.24) is 19.9 Å². The molecule has 0 bridgehead atoms. The van der Waals surface area contributed by atoms with E-state index in [-0.39, 0.29) is 29.8 Å². The number of hydrogen-bond donors (Lipinski definition) is 1. The fourth-order valence-electron chi connectivity index (χ4n) is 4.88. The van der Waals surface area contributed by atoms with Crippen LogP contribution in [-0.4, -0.2) is 80.1 Å². The predicted molar refractivity (Wildman–Crippen MR) is 195 cm³/mol. The predicted octanol–water partition coefficient (Wildman–Crippen LogP) is 7.65. The van der Waals surface area contributed by atoms with E-state index in [1.54, 1.807) is 42.3 Å². The highest BCUT2D eigenvalue weighted by Gasteiger charge is 2.33. The van der Waals surface area contributed by atoms with E-state index in [0.29, 0.717) is 47.7 Å². The molecule has 4 aromatic rings. The van der Waals surface area contributed by atoms with Crippen LogP contribution in [0, 0.1) is 11.8 Å². The molecule has 0 aliphatic heterocycles. The summed E-state index contributed by atoms with van der Waals surface area (Å²) in [4.78, 5) is 67.8. The molecule has 16 nitrogen and oxygen atoms in total. The van der Waals surface area contributed by atoms with E-state index in [0.717, 1.165) is 31.9 Å². The molecule has 4 aromatic heterocycles. The smallest absolute Gasteiger partial charge is 0.416 e. The van der Waals surface area contributed by atoms with Gasteiger partial charge in [-0.3, -0.25) is 9.80 Å². The van der Waals surface area contributed by atoms with Crippen molar-refractivity contribution in [1.29, 1.82) is 0 Å². The minimum Gasteiger partial charge on any atom is -0.476 e. The Labute approximate surface area is 312 Å². The van der Waals surface area contributed by atoms with Gasteiger partial charge in [0.15, 0.2) is 11.4 Å². The van der Waals surface area contributed by atoms with Crippen molar-refractivity contribution in [2.75, 3.05) is 29.5 Å². The average molecular weight is 747 g/mol. The van der Waals surface area contributed by atoms with Crippen LogP contribution >= 0.6 is 0 Å². The van der Waals surface area contributed by atoms with Gasteiger partial charge in [-0.1, -0.05) is 0 Å². The first-order chi connectivity index (χ1) is 25.5. The molecular weight excluding hydrogens is 700 g/mol. The van der Waals surface area contributed by atoms with Gasteiger partial charge in [0.1, 0.15) is 35.4 Å². The molecule has 288 valence electrons. The van der Waals surface area contributed by atoms with Gasteiger partial charge >= 0.3 is 24.1 Å². The zero-order chi connectivity index (χ0) is 39.2. The minimum atomic E-state index is -1.17. The second kappa shape index (κ2) is 16.5. The van der Waals surface area contributed by atoms with Crippen molar-refractivity contribution in [3.8, 4) is 22.9 Å². The molecule has 16 heteroatoms. The highest BCUT2D eigenvalue weighted by atomic mass is 16.6. The van der Waals surface area contributed by atoms with Crippen molar-refractivity contribution in [3.63, 3.8) is 0 Å². The number of oxazole rings is 2. The van der Waals surface area contributed by atoms with Gasteiger partial charge in [-0.25, -0.2) is 39.1 Å². The van der Waals surface area contributed by atoms with Gasteiger partial charge in [-0.2, -0.15) is 0 Å². The maximum atomic E-state index is 12.7. The van der Waals surface area contributed by atoms with E-state index < -0.39 is 35.3 Å². The molecule has 2 saturated carbocycles. The lowest BCUT2D eigenvalue weighted by molar-refractivity contribution is 0.0516. The lowest BCUT2D eigenvalue weighted by atomic mass is 10.2. The Hall–Kier alpha value is -5.80. The van der Waals surface area contributed by atoms with Crippen molar-refractivity contribution in [3.05, 3.63) is 60.6 Å². The van der Waals surface area contributed by atoms with Crippen LogP contribution < -0.4 is 9.80 Å². The van der Waals surface area contributed by atoms with Crippen LogP contribution in [0.3, 0.4) is 0 Å². The van der Waals surface area contributed by atoms with Crippen LogP contribution in [0.15, 0.2) is 58.0 Å². The number of amides is 2. The summed E-state index contributed by atoms with van der Waals surface area (Å²) in [5.74, 6) is 0.454. The second-order valence-corrected chi connectivity index (χ2v) is 15.0. The van der Waals surface area contributed by atoms with E-state index in [4.69, 9.17) is 28.2 Å². The third-order valence-electron chi connectivity index (χ3n) is 7.75. The van der Waals surface area contributed by atoms with E-state index in [1.165, 1.54) is 17.4 Å². The number of carbonyl (C=O) groups is 4. The summed E-state index contributed by atoms with van der Waals surface area (Å²) in [6.45, 7) is 14.0. The standard InChI is InChI=1S/C20H25N3O5.C18H21N3O5/c1-5-26-18(24)15-12-27-17(22-15)14-8-9-21-16(10-14)23(11-13-6-7-13)19(25)28-20(2,3)4;1-18(2,3)26-17(24)21(9-11-4-5-11)14-8-12(6-7-19-14)15-20-13(10-25-15)16(22)23/h8-10,12-13H,5-7,11H2,1-4H3;6-8,10-11H,4-5,9H2,1-3H3,(H,22,23). The monoisotopic (exact) mass is 746 g/mol. The van der Waals surface area contributed by atoms with Gasteiger partial charge in [0.25, 0.3) is 0 Å². The van der Waals surface area contributed by atoms with Crippen molar-refractivity contribution < 1.29 is 47.3 Å². The molecule has 0 atom stereocenters. The Morgan fingerprint density at radius 1 is 0.741 bits per heavy atom. The van der Waals surface area contributed by atoms with E-state index in [9.17, 15) is 19.2 Å². The maximum absolute atomic E-state index is 12.7. The lowest BCUT2D eigenvalue weighted by Gasteiger charge is -2.27. The number of carbonyl (C=O) groups excluding carboxylic acids is 3. The number of aromatic carboxylic acids is 1. The number of carboxylic acid groups (broad SMARTS) is 1. The first-order valence-corrected chi connectivity index (χ1v) is 17.7. The third-order valence-corrected chi connectivity index (χ3v) is 7.75. The Kier molecular flexibility index (Phi) is 12.0. The van der Waals surface area contributed by atoms with Gasteiger partial charge in [-0.15, -0.1) is 0 Å². The summed E-state index contributed by atoms with van der Waals surface area (Å²) in [7, 11) is 0. The number of hydrogen-bond acceptors (Lipinski definition) is 13. The molecule has 0 spiro atoms.